The van der Waals surface area contributed by atoms with Crippen molar-refractivity contribution in [1.82, 2.24) is 9.88 Å². The molecule has 27 heavy (non-hydrogen) atoms. The van der Waals surface area contributed by atoms with Gasteiger partial charge in [0.05, 0.1) is 12.3 Å². The van der Waals surface area contributed by atoms with Crippen molar-refractivity contribution in [2.45, 2.75) is 19.8 Å². The van der Waals surface area contributed by atoms with Gasteiger partial charge < -0.3 is 21.1 Å². The van der Waals surface area contributed by atoms with Gasteiger partial charge in [0.2, 0.25) is 0 Å². The topological polar surface area (TPSA) is 107 Å². The molecule has 1 aromatic heterocycles. The molecule has 1 aliphatic heterocycles. The largest absolute Gasteiger partial charge is 0.493 e. The standard InChI is InChI=1S/C19H25N5O2S/c1-12-16(17(25)23-19(20)21)27-18(22-12)14-4-3-5-15(10-14)26-11-13-6-8-24(2)9-7-13/h3-5,10,13H,6-9,11H2,1-2H3,(H4,20,21,23,25). The molecule has 4 N–H and O–H groups in total. The molecule has 0 aliphatic carbocycles. The molecule has 1 fully saturated rings. The van der Waals surface area contributed by atoms with Gasteiger partial charge in [-0.25, -0.2) is 4.98 Å². The van der Waals surface area contributed by atoms with E-state index in [2.05, 4.69) is 21.9 Å². The van der Waals surface area contributed by atoms with E-state index in [4.69, 9.17) is 16.2 Å². The Balaban J connectivity index is 1.70. The number of nitrogens with zero attached hydrogens (tertiary/aromatic N) is 3. The number of nitrogens with two attached hydrogens (primary N) is 2. The number of hydrogen-bond donors (Lipinski definition) is 2. The van der Waals surface area contributed by atoms with E-state index in [1.165, 1.54) is 11.3 Å². The van der Waals surface area contributed by atoms with Gasteiger partial charge in [0, 0.05) is 5.56 Å². The maximum absolute atomic E-state index is 12.1. The number of aliphatic imine (C=N–C) groups is 1. The van der Waals surface area contributed by atoms with Crippen LogP contribution in [-0.2, 0) is 0 Å². The summed E-state index contributed by atoms with van der Waals surface area (Å²) >= 11 is 1.28. The zero-order chi connectivity index (χ0) is 19.4. The minimum Gasteiger partial charge on any atom is -0.493 e. The molecule has 0 bridgehead atoms. The van der Waals surface area contributed by atoms with Crippen molar-refractivity contribution in [1.29, 1.82) is 0 Å². The van der Waals surface area contributed by atoms with Crippen molar-refractivity contribution in [3.8, 4) is 16.3 Å². The van der Waals surface area contributed by atoms with Crippen molar-refractivity contribution < 1.29 is 9.53 Å². The summed E-state index contributed by atoms with van der Waals surface area (Å²) in [6.07, 6.45) is 2.33. The van der Waals surface area contributed by atoms with Gasteiger partial charge in [0.1, 0.15) is 15.6 Å². The summed E-state index contributed by atoms with van der Waals surface area (Å²) < 4.78 is 6.02. The first-order valence-corrected chi connectivity index (χ1v) is 9.77. The highest BCUT2D eigenvalue weighted by molar-refractivity contribution is 7.17. The Morgan fingerprint density at radius 2 is 2.11 bits per heavy atom. The quantitative estimate of drug-likeness (QED) is 0.602. The van der Waals surface area contributed by atoms with Gasteiger partial charge in [-0.1, -0.05) is 12.1 Å². The molecule has 144 valence electrons. The van der Waals surface area contributed by atoms with E-state index in [-0.39, 0.29) is 5.96 Å². The molecule has 0 atom stereocenters. The minimum atomic E-state index is -0.467. The van der Waals surface area contributed by atoms with Crippen LogP contribution in [0.5, 0.6) is 5.75 Å². The van der Waals surface area contributed by atoms with Crippen LogP contribution in [0.25, 0.3) is 10.6 Å². The zero-order valence-corrected chi connectivity index (χ0v) is 16.5. The molecule has 7 nitrogen and oxygen atoms in total. The maximum atomic E-state index is 12.1. The second kappa shape index (κ2) is 8.49. The molecule has 0 radical (unpaired) electrons. The van der Waals surface area contributed by atoms with E-state index in [0.29, 0.717) is 16.5 Å². The molecular weight excluding hydrogens is 362 g/mol. The molecule has 0 spiro atoms. The Labute approximate surface area is 163 Å². The maximum Gasteiger partial charge on any atom is 0.292 e. The van der Waals surface area contributed by atoms with Crippen LogP contribution in [0.2, 0.25) is 0 Å². The summed E-state index contributed by atoms with van der Waals surface area (Å²) in [6.45, 7) is 4.75. The number of benzene rings is 1. The Kier molecular flexibility index (Phi) is 6.08. The summed E-state index contributed by atoms with van der Waals surface area (Å²) in [5, 5.41) is 0.742. The van der Waals surface area contributed by atoms with Crippen LogP contribution in [0.1, 0.15) is 28.2 Å². The lowest BCUT2D eigenvalue weighted by molar-refractivity contribution is 0.101. The lowest BCUT2D eigenvalue weighted by Gasteiger charge is -2.28. The second-order valence-electron chi connectivity index (χ2n) is 6.86. The van der Waals surface area contributed by atoms with Gasteiger partial charge in [-0.05, 0) is 58.0 Å². The predicted octanol–water partition coefficient (Wildman–Crippen LogP) is 2.25. The average Bonchev–Trinajstić information content (AvgIpc) is 3.03. The van der Waals surface area contributed by atoms with Crippen LogP contribution >= 0.6 is 11.3 Å². The number of guanidine groups is 1. The number of thiazole rings is 1. The van der Waals surface area contributed by atoms with Gasteiger partial charge in [-0.3, -0.25) is 4.79 Å². The molecule has 1 amide bonds. The van der Waals surface area contributed by atoms with E-state index in [9.17, 15) is 4.79 Å². The van der Waals surface area contributed by atoms with Crippen molar-refractivity contribution in [2.75, 3.05) is 26.7 Å². The van der Waals surface area contributed by atoms with Crippen molar-refractivity contribution >= 4 is 23.2 Å². The third-order valence-corrected chi connectivity index (χ3v) is 5.82. The Hall–Kier alpha value is -2.45. The van der Waals surface area contributed by atoms with Gasteiger partial charge in [0.25, 0.3) is 5.91 Å². The SMILES string of the molecule is Cc1nc(-c2cccc(OCC3CCN(C)CC3)c2)sc1C(=O)N=C(N)N. The van der Waals surface area contributed by atoms with E-state index in [1.54, 1.807) is 6.92 Å². The van der Waals surface area contributed by atoms with E-state index < -0.39 is 5.91 Å². The molecule has 3 rings (SSSR count). The van der Waals surface area contributed by atoms with Crippen LogP contribution in [0.15, 0.2) is 29.3 Å². The van der Waals surface area contributed by atoms with Crippen LogP contribution in [-0.4, -0.2) is 48.5 Å². The lowest BCUT2D eigenvalue weighted by Crippen LogP contribution is -2.32. The number of rotatable bonds is 5. The summed E-state index contributed by atoms with van der Waals surface area (Å²) in [6, 6.07) is 7.80. The third-order valence-electron chi connectivity index (χ3n) is 4.63. The highest BCUT2D eigenvalue weighted by Gasteiger charge is 2.18. The van der Waals surface area contributed by atoms with E-state index >= 15 is 0 Å². The van der Waals surface area contributed by atoms with Crippen LogP contribution < -0.4 is 16.2 Å². The molecule has 2 heterocycles. The monoisotopic (exact) mass is 387 g/mol. The number of amides is 1. The summed E-state index contributed by atoms with van der Waals surface area (Å²) in [4.78, 5) is 23.0. The Morgan fingerprint density at radius 1 is 1.37 bits per heavy atom. The fourth-order valence-electron chi connectivity index (χ4n) is 3.05. The molecule has 8 heteroatoms. The van der Waals surface area contributed by atoms with E-state index in [0.717, 1.165) is 48.9 Å². The highest BCUT2D eigenvalue weighted by Crippen LogP contribution is 2.31. The molecule has 1 aromatic carbocycles. The molecule has 1 aliphatic rings. The molecule has 1 saturated heterocycles. The number of likely N-dealkylation sites (tertiary alicyclic amines) is 1. The van der Waals surface area contributed by atoms with Crippen molar-refractivity contribution in [3.05, 3.63) is 34.8 Å². The summed E-state index contributed by atoms with van der Waals surface area (Å²) in [5.41, 5.74) is 12.1. The summed E-state index contributed by atoms with van der Waals surface area (Å²) in [7, 11) is 2.16. The second-order valence-corrected chi connectivity index (χ2v) is 7.86. The normalized spacial score (nSPS) is 15.5. The first kappa shape index (κ1) is 19.3. The van der Waals surface area contributed by atoms with Crippen LogP contribution in [0, 0.1) is 12.8 Å². The van der Waals surface area contributed by atoms with Gasteiger partial charge in [0.15, 0.2) is 5.96 Å². The fraction of sp³-hybridized carbons (Fsp3) is 0.421. The smallest absolute Gasteiger partial charge is 0.292 e. The fourth-order valence-corrected chi connectivity index (χ4v) is 4.00. The number of ether oxygens (including phenoxy) is 1. The van der Waals surface area contributed by atoms with Crippen LogP contribution in [0.3, 0.4) is 0 Å². The number of aromatic nitrogens is 1. The summed E-state index contributed by atoms with van der Waals surface area (Å²) in [5.74, 6) is 0.691. The highest BCUT2D eigenvalue weighted by atomic mass is 32.1. The Morgan fingerprint density at radius 3 is 2.81 bits per heavy atom. The first-order valence-electron chi connectivity index (χ1n) is 8.95. The molecule has 0 saturated carbocycles. The molecular formula is C19H25N5O2S. The van der Waals surface area contributed by atoms with Gasteiger partial charge in [-0.2, -0.15) is 4.99 Å². The lowest BCUT2D eigenvalue weighted by atomic mass is 9.98. The predicted molar refractivity (Wildman–Crippen MR) is 108 cm³/mol. The van der Waals surface area contributed by atoms with Crippen molar-refractivity contribution in [2.24, 2.45) is 22.4 Å². The number of hydrogen-bond acceptors (Lipinski definition) is 5. The molecule has 0 unspecified atom stereocenters. The van der Waals surface area contributed by atoms with Gasteiger partial charge >= 0.3 is 0 Å². The number of piperidine rings is 1. The van der Waals surface area contributed by atoms with Crippen molar-refractivity contribution in [3.63, 3.8) is 0 Å². The van der Waals surface area contributed by atoms with E-state index in [1.807, 2.05) is 24.3 Å². The third kappa shape index (κ3) is 5.05. The average molecular weight is 388 g/mol. The molecule has 2 aromatic rings. The minimum absolute atomic E-state index is 0.251. The van der Waals surface area contributed by atoms with Gasteiger partial charge in [-0.15, -0.1) is 11.3 Å². The Bertz CT molecular complexity index is 836. The zero-order valence-electron chi connectivity index (χ0n) is 15.6. The number of carbonyl (C=O) groups is 1. The van der Waals surface area contributed by atoms with Crippen LogP contribution in [0.4, 0.5) is 0 Å². The number of carbonyl (C=O) groups excluding carboxylic acids is 1. The first-order chi connectivity index (χ1) is 12.9. The number of aryl methyl sites for hydroxylation is 1.